The van der Waals surface area contributed by atoms with Crippen molar-refractivity contribution < 1.29 is 33.0 Å². The Labute approximate surface area is 165 Å². The van der Waals surface area contributed by atoms with Crippen molar-refractivity contribution in [2.24, 2.45) is 0 Å². The number of aldehydes is 1. The molecule has 28 heavy (non-hydrogen) atoms. The minimum atomic E-state index is -1.23. The fraction of sp³-hybridized carbons (Fsp3) is 0.211. The zero-order valence-corrected chi connectivity index (χ0v) is 16.0. The van der Waals surface area contributed by atoms with Crippen molar-refractivity contribution in [2.75, 3.05) is 19.5 Å². The van der Waals surface area contributed by atoms with Crippen LogP contribution in [0.15, 0.2) is 30.3 Å². The number of methoxy groups -OCH3 is 2. The largest absolute Gasteiger partial charge is 0.493 e. The molecule has 0 saturated carbocycles. The number of benzene rings is 2. The van der Waals surface area contributed by atoms with E-state index in [4.69, 9.17) is 25.8 Å². The molecule has 1 amide bonds. The van der Waals surface area contributed by atoms with Gasteiger partial charge < -0.3 is 19.5 Å². The maximum atomic E-state index is 13.2. The molecule has 0 aromatic heterocycles. The van der Waals surface area contributed by atoms with Crippen LogP contribution < -0.4 is 14.8 Å². The first-order valence-electron chi connectivity index (χ1n) is 7.99. The molecule has 0 radical (unpaired) electrons. The van der Waals surface area contributed by atoms with Gasteiger partial charge in [0.1, 0.15) is 11.4 Å². The number of carbonyl (C=O) groups excluding carboxylic acids is 3. The van der Waals surface area contributed by atoms with E-state index in [0.717, 1.165) is 6.07 Å². The van der Waals surface area contributed by atoms with E-state index in [9.17, 15) is 18.8 Å². The third kappa shape index (κ3) is 4.58. The summed E-state index contributed by atoms with van der Waals surface area (Å²) in [4.78, 5) is 36.1. The summed E-state index contributed by atoms with van der Waals surface area (Å²) in [6, 6.07) is 6.46. The monoisotopic (exact) mass is 409 g/mol. The van der Waals surface area contributed by atoms with E-state index >= 15 is 0 Å². The SMILES string of the molecule is COc1ccc(C=O)c(C(=O)O[C@@H](C)C(=O)Nc2ccc(F)c(Cl)c2)c1OC. The van der Waals surface area contributed by atoms with Crippen molar-refractivity contribution in [1.29, 1.82) is 0 Å². The highest BCUT2D eigenvalue weighted by molar-refractivity contribution is 6.31. The van der Waals surface area contributed by atoms with Gasteiger partial charge in [0, 0.05) is 11.3 Å². The van der Waals surface area contributed by atoms with Crippen molar-refractivity contribution in [2.45, 2.75) is 13.0 Å². The molecular weight excluding hydrogens is 393 g/mol. The average molecular weight is 410 g/mol. The summed E-state index contributed by atoms with van der Waals surface area (Å²) in [6.07, 6.45) is -0.768. The lowest BCUT2D eigenvalue weighted by Gasteiger charge is -2.17. The molecule has 2 aromatic rings. The van der Waals surface area contributed by atoms with Gasteiger partial charge in [-0.15, -0.1) is 0 Å². The van der Waals surface area contributed by atoms with Crippen molar-refractivity contribution >= 4 is 35.5 Å². The second kappa shape index (κ2) is 9.18. The highest BCUT2D eigenvalue weighted by Crippen LogP contribution is 2.33. The number of halogens is 2. The standard InChI is InChI=1S/C19H17ClFNO6/c1-10(18(24)22-12-5-6-14(21)13(20)8-12)28-19(25)16-11(9-23)4-7-15(26-2)17(16)27-3/h4-10H,1-3H3,(H,22,24)/t10-/m0/s1. The summed E-state index contributed by atoms with van der Waals surface area (Å²) in [5.74, 6) is -2.03. The van der Waals surface area contributed by atoms with Gasteiger partial charge in [0.05, 0.1) is 19.2 Å². The predicted octanol–water partition coefficient (Wildman–Crippen LogP) is 3.49. The normalized spacial score (nSPS) is 11.3. The fourth-order valence-corrected chi connectivity index (χ4v) is 2.52. The summed E-state index contributed by atoms with van der Waals surface area (Å²) in [7, 11) is 2.68. The smallest absolute Gasteiger partial charge is 0.343 e. The lowest BCUT2D eigenvalue weighted by atomic mass is 10.1. The van der Waals surface area contributed by atoms with Gasteiger partial charge >= 0.3 is 5.97 Å². The molecular formula is C19H17ClFNO6. The van der Waals surface area contributed by atoms with Gasteiger partial charge in [0.2, 0.25) is 0 Å². The fourth-order valence-electron chi connectivity index (χ4n) is 2.34. The Morgan fingerprint density at radius 2 is 1.89 bits per heavy atom. The van der Waals surface area contributed by atoms with Crippen LogP contribution in [-0.4, -0.2) is 38.5 Å². The predicted molar refractivity (Wildman–Crippen MR) is 99.9 cm³/mol. The number of nitrogens with one attached hydrogen (secondary N) is 1. The zero-order chi connectivity index (χ0) is 20.8. The summed E-state index contributed by atoms with van der Waals surface area (Å²) < 4.78 is 28.6. The number of esters is 1. The number of hydrogen-bond donors (Lipinski definition) is 1. The third-order valence-electron chi connectivity index (χ3n) is 3.75. The maximum absolute atomic E-state index is 13.2. The van der Waals surface area contributed by atoms with Gasteiger partial charge in [-0.25, -0.2) is 9.18 Å². The number of amides is 1. The number of ether oxygens (including phenoxy) is 3. The van der Waals surface area contributed by atoms with Crippen LogP contribution in [0.4, 0.5) is 10.1 Å². The summed E-state index contributed by atoms with van der Waals surface area (Å²) in [5.41, 5.74) is 0.0775. The second-order valence-corrected chi connectivity index (χ2v) is 5.96. The Bertz CT molecular complexity index is 918. The van der Waals surface area contributed by atoms with Crippen molar-refractivity contribution in [3.63, 3.8) is 0 Å². The Balaban J connectivity index is 2.20. The number of anilines is 1. The molecule has 0 unspecified atom stereocenters. The Morgan fingerprint density at radius 3 is 2.46 bits per heavy atom. The van der Waals surface area contributed by atoms with E-state index < -0.39 is 23.8 Å². The number of hydrogen-bond acceptors (Lipinski definition) is 6. The van der Waals surface area contributed by atoms with E-state index in [2.05, 4.69) is 5.32 Å². The van der Waals surface area contributed by atoms with E-state index in [1.54, 1.807) is 0 Å². The van der Waals surface area contributed by atoms with Crippen LogP contribution in [0.2, 0.25) is 5.02 Å². The number of rotatable bonds is 7. The lowest BCUT2D eigenvalue weighted by Crippen LogP contribution is -2.30. The van der Waals surface area contributed by atoms with Gasteiger partial charge in [-0.1, -0.05) is 11.6 Å². The quantitative estimate of drug-likeness (QED) is 0.556. The molecule has 0 heterocycles. The van der Waals surface area contributed by atoms with Gasteiger partial charge in [0.15, 0.2) is 23.9 Å². The van der Waals surface area contributed by atoms with Gasteiger partial charge in [0.25, 0.3) is 5.91 Å². The molecule has 9 heteroatoms. The van der Waals surface area contributed by atoms with Gasteiger partial charge in [-0.05, 0) is 37.3 Å². The van der Waals surface area contributed by atoms with Crippen LogP contribution in [0.3, 0.4) is 0 Å². The Hall–Kier alpha value is -3.13. The molecule has 1 atom stereocenters. The first kappa shape index (κ1) is 21.2. The van der Waals surface area contributed by atoms with Crippen LogP contribution in [0.25, 0.3) is 0 Å². The van der Waals surface area contributed by atoms with Gasteiger partial charge in [-0.3, -0.25) is 9.59 Å². The van der Waals surface area contributed by atoms with E-state index in [0.29, 0.717) is 6.29 Å². The molecule has 2 aromatic carbocycles. The minimum Gasteiger partial charge on any atom is -0.493 e. The lowest BCUT2D eigenvalue weighted by molar-refractivity contribution is -0.123. The molecule has 0 saturated heterocycles. The number of carbonyl (C=O) groups is 3. The molecule has 0 fully saturated rings. The minimum absolute atomic E-state index is 0.00928. The zero-order valence-electron chi connectivity index (χ0n) is 15.2. The van der Waals surface area contributed by atoms with Crippen LogP contribution in [0.5, 0.6) is 11.5 Å². The molecule has 0 spiro atoms. The topological polar surface area (TPSA) is 90.9 Å². The highest BCUT2D eigenvalue weighted by Gasteiger charge is 2.26. The van der Waals surface area contributed by atoms with Crippen LogP contribution in [0, 0.1) is 5.82 Å². The van der Waals surface area contributed by atoms with E-state index in [1.165, 1.54) is 45.4 Å². The molecule has 0 aliphatic heterocycles. The summed E-state index contributed by atoms with van der Waals surface area (Å²) in [6.45, 7) is 1.34. The average Bonchev–Trinajstić information content (AvgIpc) is 2.69. The van der Waals surface area contributed by atoms with Crippen LogP contribution in [-0.2, 0) is 9.53 Å². The second-order valence-electron chi connectivity index (χ2n) is 5.55. The summed E-state index contributed by atoms with van der Waals surface area (Å²) >= 11 is 5.67. The van der Waals surface area contributed by atoms with E-state index in [-0.39, 0.29) is 33.3 Å². The maximum Gasteiger partial charge on any atom is 0.343 e. The van der Waals surface area contributed by atoms with Crippen LogP contribution >= 0.6 is 11.6 Å². The molecule has 1 N–H and O–H groups in total. The van der Waals surface area contributed by atoms with Crippen molar-refractivity contribution in [3.8, 4) is 11.5 Å². The molecule has 0 aliphatic rings. The highest BCUT2D eigenvalue weighted by atomic mass is 35.5. The molecule has 7 nitrogen and oxygen atoms in total. The molecule has 148 valence electrons. The van der Waals surface area contributed by atoms with E-state index in [1.807, 2.05) is 0 Å². The summed E-state index contributed by atoms with van der Waals surface area (Å²) in [5, 5.41) is 2.29. The third-order valence-corrected chi connectivity index (χ3v) is 4.04. The Morgan fingerprint density at radius 1 is 1.18 bits per heavy atom. The molecule has 0 aliphatic carbocycles. The molecule has 2 rings (SSSR count). The first-order valence-corrected chi connectivity index (χ1v) is 8.37. The Kier molecular flexibility index (Phi) is 6.94. The first-order chi connectivity index (χ1) is 13.3. The van der Waals surface area contributed by atoms with Crippen LogP contribution in [0.1, 0.15) is 27.6 Å². The van der Waals surface area contributed by atoms with Gasteiger partial charge in [-0.2, -0.15) is 0 Å². The molecule has 0 bridgehead atoms. The van der Waals surface area contributed by atoms with Crippen molar-refractivity contribution in [1.82, 2.24) is 0 Å². The van der Waals surface area contributed by atoms with Crippen molar-refractivity contribution in [3.05, 3.63) is 52.3 Å².